The lowest BCUT2D eigenvalue weighted by atomic mass is 10.2. The van der Waals surface area contributed by atoms with Gasteiger partial charge in [0.25, 0.3) is 15.9 Å². The second-order valence-electron chi connectivity index (χ2n) is 9.38. The summed E-state index contributed by atoms with van der Waals surface area (Å²) in [5.74, 6) is 0.292. The molecule has 11 heteroatoms. The van der Waals surface area contributed by atoms with Crippen LogP contribution in [0, 0.1) is 0 Å². The number of carbonyl (C=O) groups is 1. The molecular formula is C28H32N6O4S. The first-order valence-corrected chi connectivity index (χ1v) is 14.3. The van der Waals surface area contributed by atoms with E-state index in [1.807, 2.05) is 25.1 Å². The number of aryl methyl sites for hydroxylation is 1. The van der Waals surface area contributed by atoms with Crippen LogP contribution in [-0.2, 0) is 23.0 Å². The number of nitrogens with one attached hydrogen (secondary N) is 1. The molecule has 1 fully saturated rings. The van der Waals surface area contributed by atoms with E-state index in [4.69, 9.17) is 4.74 Å². The van der Waals surface area contributed by atoms with Crippen LogP contribution in [0.25, 0.3) is 11.0 Å². The van der Waals surface area contributed by atoms with Gasteiger partial charge in [0.1, 0.15) is 5.69 Å². The summed E-state index contributed by atoms with van der Waals surface area (Å²) in [6.07, 6.45) is 2.38. The van der Waals surface area contributed by atoms with Gasteiger partial charge in [-0.1, -0.05) is 25.1 Å². The molecule has 0 radical (unpaired) electrons. The van der Waals surface area contributed by atoms with Crippen molar-refractivity contribution in [2.24, 2.45) is 0 Å². The van der Waals surface area contributed by atoms with Gasteiger partial charge in [-0.2, -0.15) is 0 Å². The summed E-state index contributed by atoms with van der Waals surface area (Å²) in [5.41, 5.74) is 3.97. The van der Waals surface area contributed by atoms with E-state index in [1.165, 1.54) is 3.97 Å². The van der Waals surface area contributed by atoms with E-state index in [9.17, 15) is 13.2 Å². The summed E-state index contributed by atoms with van der Waals surface area (Å²) in [5, 5.41) is 2.58. The molecule has 0 aliphatic carbocycles. The molecule has 204 valence electrons. The smallest absolute Gasteiger partial charge is 0.269 e. The number of benzene rings is 1. The number of methoxy groups -OCH3 is 1. The third kappa shape index (κ3) is 5.19. The van der Waals surface area contributed by atoms with Gasteiger partial charge in [-0.05, 0) is 42.8 Å². The molecule has 1 amide bonds. The van der Waals surface area contributed by atoms with E-state index in [0.717, 1.165) is 37.4 Å². The highest BCUT2D eigenvalue weighted by Crippen LogP contribution is 2.30. The van der Waals surface area contributed by atoms with Crippen molar-refractivity contribution >= 4 is 32.7 Å². The number of fused-ring (bicyclic) bond motifs is 1. The lowest BCUT2D eigenvalue weighted by Gasteiger charge is -2.36. The van der Waals surface area contributed by atoms with Gasteiger partial charge in [-0.25, -0.2) is 22.4 Å². The SMILES string of the molecule is CCc1cc2c(cc(CN3CCN(c4ccc(C(=O)NC)nc4)CC3)n2S(=O)(=O)c2ccccc2)nc1OC. The molecular weight excluding hydrogens is 516 g/mol. The normalized spacial score (nSPS) is 14.5. The number of anilines is 1. The van der Waals surface area contributed by atoms with E-state index in [-0.39, 0.29) is 10.8 Å². The molecule has 1 saturated heterocycles. The Labute approximate surface area is 228 Å². The molecule has 1 N–H and O–H groups in total. The number of rotatable bonds is 8. The summed E-state index contributed by atoms with van der Waals surface area (Å²) >= 11 is 0. The average molecular weight is 549 g/mol. The van der Waals surface area contributed by atoms with Crippen LogP contribution in [0.3, 0.4) is 0 Å². The Kier molecular flexibility index (Phi) is 7.53. The van der Waals surface area contributed by atoms with E-state index in [2.05, 4.69) is 25.1 Å². The first-order chi connectivity index (χ1) is 18.8. The number of carbonyl (C=O) groups excluding carboxylic acids is 1. The van der Waals surface area contributed by atoms with Gasteiger partial charge < -0.3 is 15.0 Å². The van der Waals surface area contributed by atoms with Crippen molar-refractivity contribution < 1.29 is 17.9 Å². The van der Waals surface area contributed by atoms with Crippen LogP contribution in [0.5, 0.6) is 5.88 Å². The molecule has 5 rings (SSSR count). The third-order valence-corrected chi connectivity index (χ3v) is 8.82. The maximum absolute atomic E-state index is 13.9. The molecule has 0 atom stereocenters. The number of hydrogen-bond donors (Lipinski definition) is 1. The Balaban J connectivity index is 1.43. The van der Waals surface area contributed by atoms with Crippen molar-refractivity contribution in [1.29, 1.82) is 0 Å². The van der Waals surface area contributed by atoms with Crippen LogP contribution in [-0.4, -0.2) is 73.5 Å². The predicted molar refractivity (Wildman–Crippen MR) is 150 cm³/mol. The van der Waals surface area contributed by atoms with Gasteiger partial charge in [-0.3, -0.25) is 9.69 Å². The minimum atomic E-state index is -3.86. The zero-order valence-corrected chi connectivity index (χ0v) is 23.1. The maximum atomic E-state index is 13.9. The van der Waals surface area contributed by atoms with Gasteiger partial charge in [0, 0.05) is 45.3 Å². The number of nitrogens with zero attached hydrogens (tertiary/aromatic N) is 5. The van der Waals surface area contributed by atoms with E-state index >= 15 is 0 Å². The van der Waals surface area contributed by atoms with Crippen LogP contribution >= 0.6 is 0 Å². The van der Waals surface area contributed by atoms with Crippen molar-refractivity contribution in [1.82, 2.24) is 24.2 Å². The summed E-state index contributed by atoms with van der Waals surface area (Å²) in [6, 6.07) is 15.8. The third-order valence-electron chi connectivity index (χ3n) is 7.04. The Bertz CT molecular complexity index is 1580. The number of pyridine rings is 2. The zero-order valence-electron chi connectivity index (χ0n) is 22.3. The monoisotopic (exact) mass is 548 g/mol. The maximum Gasteiger partial charge on any atom is 0.269 e. The number of amides is 1. The van der Waals surface area contributed by atoms with Crippen LogP contribution in [0.15, 0.2) is 65.7 Å². The van der Waals surface area contributed by atoms with Crippen molar-refractivity contribution in [3.63, 3.8) is 0 Å². The van der Waals surface area contributed by atoms with Crippen molar-refractivity contribution in [3.05, 3.63) is 77.7 Å². The molecule has 0 unspecified atom stereocenters. The van der Waals surface area contributed by atoms with Gasteiger partial charge in [0.15, 0.2) is 0 Å². The lowest BCUT2D eigenvalue weighted by Crippen LogP contribution is -2.46. The highest BCUT2D eigenvalue weighted by Gasteiger charge is 2.27. The number of piperazine rings is 1. The topological polar surface area (TPSA) is 110 Å². The number of hydrogen-bond acceptors (Lipinski definition) is 8. The standard InChI is InChI=1S/C28H32N6O4S/c1-4-20-16-26-25(31-28(20)38-3)17-22(34(26)39(36,37)23-8-6-5-7-9-23)19-32-12-14-33(15-13-32)21-10-11-24(30-18-21)27(35)29-2/h5-11,16-18H,4,12-15,19H2,1-3H3,(H,29,35). The quantitative estimate of drug-likeness (QED) is 0.358. The Morgan fingerprint density at radius 1 is 1.05 bits per heavy atom. The molecule has 0 spiro atoms. The van der Waals surface area contributed by atoms with Crippen molar-refractivity contribution in [3.8, 4) is 5.88 Å². The molecule has 1 aliphatic rings. The zero-order chi connectivity index (χ0) is 27.6. The molecule has 4 heterocycles. The van der Waals surface area contributed by atoms with Crippen molar-refractivity contribution in [2.75, 3.05) is 45.2 Å². The first kappa shape index (κ1) is 26.6. The van der Waals surface area contributed by atoms with Crippen LogP contribution in [0.2, 0.25) is 0 Å². The summed E-state index contributed by atoms with van der Waals surface area (Å²) in [4.78, 5) is 25.4. The summed E-state index contributed by atoms with van der Waals surface area (Å²) < 4.78 is 34.7. The van der Waals surface area contributed by atoms with Gasteiger partial charge >= 0.3 is 0 Å². The highest BCUT2D eigenvalue weighted by atomic mass is 32.2. The lowest BCUT2D eigenvalue weighted by molar-refractivity contribution is 0.0958. The molecule has 1 aromatic carbocycles. The largest absolute Gasteiger partial charge is 0.481 e. The molecule has 4 aromatic rings. The Hall–Kier alpha value is -3.96. The summed E-state index contributed by atoms with van der Waals surface area (Å²) in [6.45, 7) is 5.42. The van der Waals surface area contributed by atoms with Gasteiger partial charge in [0.2, 0.25) is 5.88 Å². The average Bonchev–Trinajstić information content (AvgIpc) is 3.34. The second-order valence-corrected chi connectivity index (χ2v) is 11.2. The molecule has 0 saturated carbocycles. The minimum Gasteiger partial charge on any atom is -0.481 e. The molecule has 10 nitrogen and oxygen atoms in total. The molecule has 39 heavy (non-hydrogen) atoms. The van der Waals surface area contributed by atoms with Crippen LogP contribution in [0.1, 0.15) is 28.7 Å². The van der Waals surface area contributed by atoms with E-state index in [1.54, 1.807) is 56.8 Å². The fourth-order valence-corrected chi connectivity index (χ4v) is 6.47. The summed E-state index contributed by atoms with van der Waals surface area (Å²) in [7, 11) is -0.701. The number of aromatic nitrogens is 3. The van der Waals surface area contributed by atoms with E-state index < -0.39 is 10.0 Å². The Morgan fingerprint density at radius 2 is 1.79 bits per heavy atom. The van der Waals surface area contributed by atoms with Crippen LogP contribution < -0.4 is 15.0 Å². The Morgan fingerprint density at radius 3 is 2.41 bits per heavy atom. The van der Waals surface area contributed by atoms with E-state index in [0.29, 0.717) is 41.3 Å². The van der Waals surface area contributed by atoms with Gasteiger partial charge in [-0.15, -0.1) is 0 Å². The highest BCUT2D eigenvalue weighted by molar-refractivity contribution is 7.90. The first-order valence-electron chi connectivity index (χ1n) is 12.9. The molecule has 3 aromatic heterocycles. The molecule has 1 aliphatic heterocycles. The fourth-order valence-electron chi connectivity index (χ4n) is 4.93. The fraction of sp³-hybridized carbons (Fsp3) is 0.321. The predicted octanol–water partition coefficient (Wildman–Crippen LogP) is 2.92. The van der Waals surface area contributed by atoms with Gasteiger partial charge in [0.05, 0.1) is 40.6 Å². The van der Waals surface area contributed by atoms with Crippen LogP contribution in [0.4, 0.5) is 5.69 Å². The molecule has 0 bridgehead atoms. The number of ether oxygens (including phenoxy) is 1. The second kappa shape index (κ2) is 11.0. The van der Waals surface area contributed by atoms with Crippen molar-refractivity contribution in [2.45, 2.75) is 24.8 Å². The minimum absolute atomic E-state index is 0.217.